The minimum absolute atomic E-state index is 1.05. The highest BCUT2D eigenvalue weighted by Gasteiger charge is 1.89. The molecule has 0 aliphatic rings. The summed E-state index contributed by atoms with van der Waals surface area (Å²) >= 11 is 0. The molecular weight excluding hydrogens is 146 g/mol. The van der Waals surface area contributed by atoms with Crippen molar-refractivity contribution in [3.05, 3.63) is 12.3 Å². The molecule has 0 amide bonds. The van der Waals surface area contributed by atoms with E-state index in [9.17, 15) is 0 Å². The molecule has 0 aromatic heterocycles. The van der Waals surface area contributed by atoms with E-state index in [2.05, 4.69) is 25.7 Å². The molecule has 1 heteroatoms. The molecule has 0 aliphatic heterocycles. The minimum atomic E-state index is 1.05. The SMILES string of the molecule is C=C(CC)NCCCCCCC. The maximum Gasteiger partial charge on any atom is 0.0143 e. The van der Waals surface area contributed by atoms with Crippen LogP contribution in [0, 0.1) is 0 Å². The summed E-state index contributed by atoms with van der Waals surface area (Å²) in [6.45, 7) is 9.38. The Kier molecular flexibility index (Phi) is 8.30. The van der Waals surface area contributed by atoms with Gasteiger partial charge in [0.25, 0.3) is 0 Å². The standard InChI is InChI=1S/C11H23N/c1-4-6-7-8-9-10-12-11(3)5-2/h12H,3-10H2,1-2H3. The Hall–Kier alpha value is -0.460. The Morgan fingerprint density at radius 1 is 1.08 bits per heavy atom. The second-order valence-electron chi connectivity index (χ2n) is 3.30. The van der Waals surface area contributed by atoms with Gasteiger partial charge in [-0.2, -0.15) is 0 Å². The Morgan fingerprint density at radius 3 is 2.33 bits per heavy atom. The number of nitrogens with one attached hydrogen (secondary N) is 1. The zero-order valence-corrected chi connectivity index (χ0v) is 8.66. The molecule has 72 valence electrons. The smallest absolute Gasteiger partial charge is 0.0143 e. The lowest BCUT2D eigenvalue weighted by Crippen LogP contribution is -2.12. The van der Waals surface area contributed by atoms with Gasteiger partial charge in [-0.15, -0.1) is 0 Å². The fourth-order valence-electron chi connectivity index (χ4n) is 1.12. The predicted octanol–water partition coefficient (Wildman–Crippen LogP) is 3.47. The van der Waals surface area contributed by atoms with Gasteiger partial charge in [0.05, 0.1) is 0 Å². The summed E-state index contributed by atoms with van der Waals surface area (Å²) in [6, 6.07) is 0. The monoisotopic (exact) mass is 169 g/mol. The van der Waals surface area contributed by atoms with Crippen LogP contribution >= 0.6 is 0 Å². The number of hydrogen-bond donors (Lipinski definition) is 1. The fraction of sp³-hybridized carbons (Fsp3) is 0.818. The van der Waals surface area contributed by atoms with Crippen LogP contribution in [0.1, 0.15) is 52.4 Å². The van der Waals surface area contributed by atoms with Gasteiger partial charge in [-0.25, -0.2) is 0 Å². The van der Waals surface area contributed by atoms with E-state index >= 15 is 0 Å². The van der Waals surface area contributed by atoms with Gasteiger partial charge in [-0.3, -0.25) is 0 Å². The summed E-state index contributed by atoms with van der Waals surface area (Å²) in [5, 5.41) is 3.31. The molecule has 1 nitrogen and oxygen atoms in total. The van der Waals surface area contributed by atoms with Crippen LogP contribution < -0.4 is 5.32 Å². The molecule has 0 aliphatic carbocycles. The lowest BCUT2D eigenvalue weighted by molar-refractivity contribution is 0.607. The average molecular weight is 169 g/mol. The van der Waals surface area contributed by atoms with E-state index in [-0.39, 0.29) is 0 Å². The van der Waals surface area contributed by atoms with E-state index in [4.69, 9.17) is 0 Å². The van der Waals surface area contributed by atoms with E-state index in [0.29, 0.717) is 0 Å². The normalized spacial score (nSPS) is 9.83. The maximum absolute atomic E-state index is 3.90. The molecule has 1 N–H and O–H groups in total. The average Bonchev–Trinajstić information content (AvgIpc) is 2.10. The third-order valence-electron chi connectivity index (χ3n) is 2.08. The van der Waals surface area contributed by atoms with Crippen LogP contribution in [0.3, 0.4) is 0 Å². The molecule has 0 saturated carbocycles. The third kappa shape index (κ3) is 7.64. The maximum atomic E-state index is 3.90. The second kappa shape index (κ2) is 8.63. The Balaban J connectivity index is 2.95. The lowest BCUT2D eigenvalue weighted by atomic mass is 10.1. The molecule has 0 aromatic rings. The van der Waals surface area contributed by atoms with Crippen LogP contribution in [0.25, 0.3) is 0 Å². The van der Waals surface area contributed by atoms with Crippen LogP contribution in [0.15, 0.2) is 12.3 Å². The Bertz CT molecular complexity index is 108. The van der Waals surface area contributed by atoms with Crippen molar-refractivity contribution >= 4 is 0 Å². The molecule has 0 radical (unpaired) electrons. The number of hydrogen-bond acceptors (Lipinski definition) is 1. The first-order chi connectivity index (χ1) is 5.81. The molecule has 0 fully saturated rings. The van der Waals surface area contributed by atoms with Crippen molar-refractivity contribution in [2.75, 3.05) is 6.54 Å². The Labute approximate surface area is 77.2 Å². The van der Waals surface area contributed by atoms with Crippen molar-refractivity contribution in [3.63, 3.8) is 0 Å². The fourth-order valence-corrected chi connectivity index (χ4v) is 1.12. The van der Waals surface area contributed by atoms with Crippen molar-refractivity contribution in [1.82, 2.24) is 5.32 Å². The van der Waals surface area contributed by atoms with Gasteiger partial charge in [-0.05, 0) is 12.8 Å². The van der Waals surface area contributed by atoms with Gasteiger partial charge in [-0.1, -0.05) is 46.1 Å². The van der Waals surface area contributed by atoms with Crippen molar-refractivity contribution in [1.29, 1.82) is 0 Å². The van der Waals surface area contributed by atoms with Crippen LogP contribution in [-0.2, 0) is 0 Å². The topological polar surface area (TPSA) is 12.0 Å². The lowest BCUT2D eigenvalue weighted by Gasteiger charge is -2.06. The summed E-state index contributed by atoms with van der Waals surface area (Å²) in [5.41, 5.74) is 1.17. The molecular formula is C11H23N. The van der Waals surface area contributed by atoms with Gasteiger partial charge in [0, 0.05) is 12.2 Å². The van der Waals surface area contributed by atoms with Crippen LogP contribution in [0.4, 0.5) is 0 Å². The highest BCUT2D eigenvalue weighted by atomic mass is 14.9. The summed E-state index contributed by atoms with van der Waals surface area (Å²) in [7, 11) is 0. The van der Waals surface area contributed by atoms with Crippen LogP contribution in [0.2, 0.25) is 0 Å². The van der Waals surface area contributed by atoms with Crippen molar-refractivity contribution in [2.24, 2.45) is 0 Å². The minimum Gasteiger partial charge on any atom is -0.389 e. The van der Waals surface area contributed by atoms with Crippen molar-refractivity contribution < 1.29 is 0 Å². The molecule has 0 rings (SSSR count). The van der Waals surface area contributed by atoms with Crippen molar-refractivity contribution in [2.45, 2.75) is 52.4 Å². The molecule has 12 heavy (non-hydrogen) atoms. The van der Waals surface area contributed by atoms with Gasteiger partial charge in [0.1, 0.15) is 0 Å². The summed E-state index contributed by atoms with van der Waals surface area (Å²) in [4.78, 5) is 0. The molecule has 0 bridgehead atoms. The van der Waals surface area contributed by atoms with Gasteiger partial charge in [0.2, 0.25) is 0 Å². The first-order valence-electron chi connectivity index (χ1n) is 5.22. The second-order valence-corrected chi connectivity index (χ2v) is 3.30. The number of allylic oxidation sites excluding steroid dienone is 1. The highest BCUT2D eigenvalue weighted by Crippen LogP contribution is 2.01. The van der Waals surface area contributed by atoms with E-state index in [0.717, 1.165) is 13.0 Å². The molecule has 0 spiro atoms. The van der Waals surface area contributed by atoms with E-state index in [1.165, 1.54) is 37.8 Å². The largest absolute Gasteiger partial charge is 0.389 e. The summed E-state index contributed by atoms with van der Waals surface area (Å²) < 4.78 is 0. The first kappa shape index (κ1) is 11.5. The zero-order chi connectivity index (χ0) is 9.23. The molecule has 0 aromatic carbocycles. The molecule has 0 heterocycles. The molecule has 0 saturated heterocycles. The van der Waals surface area contributed by atoms with E-state index in [1.807, 2.05) is 0 Å². The summed E-state index contributed by atoms with van der Waals surface area (Å²) in [6.07, 6.45) is 7.80. The molecule has 0 unspecified atom stereocenters. The van der Waals surface area contributed by atoms with Gasteiger partial charge < -0.3 is 5.32 Å². The van der Waals surface area contributed by atoms with Crippen LogP contribution in [-0.4, -0.2) is 6.54 Å². The third-order valence-corrected chi connectivity index (χ3v) is 2.08. The van der Waals surface area contributed by atoms with E-state index in [1.54, 1.807) is 0 Å². The van der Waals surface area contributed by atoms with Crippen LogP contribution in [0.5, 0.6) is 0 Å². The van der Waals surface area contributed by atoms with E-state index < -0.39 is 0 Å². The Morgan fingerprint density at radius 2 is 1.75 bits per heavy atom. The first-order valence-corrected chi connectivity index (χ1v) is 5.22. The highest BCUT2D eigenvalue weighted by molar-refractivity contribution is 4.88. The quantitative estimate of drug-likeness (QED) is 0.549. The summed E-state index contributed by atoms with van der Waals surface area (Å²) in [5.74, 6) is 0. The zero-order valence-electron chi connectivity index (χ0n) is 8.66. The van der Waals surface area contributed by atoms with Gasteiger partial charge >= 0.3 is 0 Å². The van der Waals surface area contributed by atoms with Gasteiger partial charge in [0.15, 0.2) is 0 Å². The number of rotatable bonds is 8. The predicted molar refractivity (Wildman–Crippen MR) is 56.2 cm³/mol. The number of unbranched alkanes of at least 4 members (excludes halogenated alkanes) is 4. The molecule has 0 atom stereocenters. The van der Waals surface area contributed by atoms with Crippen molar-refractivity contribution in [3.8, 4) is 0 Å².